The fourth-order valence-corrected chi connectivity index (χ4v) is 3.37. The molecule has 6 heteroatoms. The van der Waals surface area contributed by atoms with Crippen LogP contribution in [0, 0.1) is 0 Å². The van der Waals surface area contributed by atoms with Crippen molar-refractivity contribution in [1.82, 2.24) is 5.32 Å². The molecule has 0 bridgehead atoms. The van der Waals surface area contributed by atoms with Gasteiger partial charge in [-0.15, -0.1) is 0 Å². The lowest BCUT2D eigenvalue weighted by Gasteiger charge is -2.24. The Kier molecular flexibility index (Phi) is 7.28. The van der Waals surface area contributed by atoms with Crippen LogP contribution in [-0.4, -0.2) is 45.9 Å². The standard InChI is InChI=1S/C22H28N2O4/c1-3-28-20-9-8-17(14-21(20)26-2)22(25)23-15-18-6-4-5-7-19(18)16-24-10-12-27-13-11-24/h4-9,14H,3,10-13,15-16H2,1-2H3,(H,23,25)/p+1. The molecule has 1 aliphatic heterocycles. The van der Waals surface area contributed by atoms with Crippen LogP contribution < -0.4 is 19.7 Å². The Morgan fingerprint density at radius 2 is 1.86 bits per heavy atom. The maximum Gasteiger partial charge on any atom is 0.251 e. The third-order valence-electron chi connectivity index (χ3n) is 4.92. The predicted octanol–water partition coefficient (Wildman–Crippen LogP) is 1.44. The van der Waals surface area contributed by atoms with Gasteiger partial charge in [0.1, 0.15) is 19.6 Å². The average molecular weight is 385 g/mol. The zero-order valence-corrected chi connectivity index (χ0v) is 16.6. The maximum atomic E-state index is 12.6. The van der Waals surface area contributed by atoms with E-state index in [4.69, 9.17) is 14.2 Å². The van der Waals surface area contributed by atoms with E-state index in [1.165, 1.54) is 10.5 Å². The number of ether oxygens (including phenoxy) is 3. The van der Waals surface area contributed by atoms with E-state index < -0.39 is 0 Å². The Hall–Kier alpha value is -2.57. The van der Waals surface area contributed by atoms with Gasteiger partial charge in [-0.1, -0.05) is 24.3 Å². The lowest BCUT2D eigenvalue weighted by molar-refractivity contribution is -0.921. The van der Waals surface area contributed by atoms with Gasteiger partial charge in [-0.2, -0.15) is 0 Å². The van der Waals surface area contributed by atoms with Gasteiger partial charge in [-0.05, 0) is 30.7 Å². The molecule has 0 atom stereocenters. The minimum Gasteiger partial charge on any atom is -0.493 e. The normalized spacial score (nSPS) is 14.5. The third kappa shape index (κ3) is 5.24. The Bertz CT molecular complexity index is 788. The molecule has 1 amide bonds. The van der Waals surface area contributed by atoms with Crippen molar-refractivity contribution in [2.45, 2.75) is 20.0 Å². The predicted molar refractivity (Wildman–Crippen MR) is 107 cm³/mol. The fraction of sp³-hybridized carbons (Fsp3) is 0.409. The van der Waals surface area contributed by atoms with Crippen molar-refractivity contribution in [2.24, 2.45) is 0 Å². The molecule has 6 nitrogen and oxygen atoms in total. The van der Waals surface area contributed by atoms with Gasteiger partial charge >= 0.3 is 0 Å². The monoisotopic (exact) mass is 385 g/mol. The lowest BCUT2D eigenvalue weighted by atomic mass is 10.1. The van der Waals surface area contributed by atoms with E-state index in [0.29, 0.717) is 30.2 Å². The van der Waals surface area contributed by atoms with E-state index in [1.54, 1.807) is 25.3 Å². The number of carbonyl (C=O) groups excluding carboxylic acids is 1. The second kappa shape index (κ2) is 10.1. The van der Waals surface area contributed by atoms with Crippen molar-refractivity contribution < 1.29 is 23.9 Å². The number of quaternary nitrogens is 1. The first kappa shape index (κ1) is 20.2. The van der Waals surface area contributed by atoms with Crippen molar-refractivity contribution >= 4 is 5.91 Å². The Balaban J connectivity index is 1.64. The second-order valence-electron chi connectivity index (χ2n) is 6.79. The number of hydrogen-bond acceptors (Lipinski definition) is 4. The molecule has 3 rings (SSSR count). The highest BCUT2D eigenvalue weighted by Crippen LogP contribution is 2.28. The van der Waals surface area contributed by atoms with Gasteiger partial charge in [-0.3, -0.25) is 4.79 Å². The summed E-state index contributed by atoms with van der Waals surface area (Å²) in [4.78, 5) is 14.1. The van der Waals surface area contributed by atoms with Crippen LogP contribution in [0.1, 0.15) is 28.4 Å². The van der Waals surface area contributed by atoms with E-state index in [-0.39, 0.29) is 5.91 Å². The van der Waals surface area contributed by atoms with E-state index in [0.717, 1.165) is 38.4 Å². The van der Waals surface area contributed by atoms with Crippen molar-refractivity contribution in [3.63, 3.8) is 0 Å². The summed E-state index contributed by atoms with van der Waals surface area (Å²) in [6.07, 6.45) is 0. The Morgan fingerprint density at radius 1 is 1.11 bits per heavy atom. The first-order valence-corrected chi connectivity index (χ1v) is 9.78. The molecule has 2 aromatic carbocycles. The summed E-state index contributed by atoms with van der Waals surface area (Å²) in [6.45, 7) is 7.57. The summed E-state index contributed by atoms with van der Waals surface area (Å²) in [5, 5.41) is 3.03. The van der Waals surface area contributed by atoms with Gasteiger partial charge in [0.25, 0.3) is 5.91 Å². The molecule has 0 radical (unpaired) electrons. The Morgan fingerprint density at radius 3 is 2.57 bits per heavy atom. The lowest BCUT2D eigenvalue weighted by Crippen LogP contribution is -3.12. The molecule has 0 aromatic heterocycles. The number of hydrogen-bond donors (Lipinski definition) is 2. The highest BCUT2D eigenvalue weighted by molar-refractivity contribution is 5.94. The van der Waals surface area contributed by atoms with Crippen LogP contribution >= 0.6 is 0 Å². The maximum absolute atomic E-state index is 12.6. The molecular weight excluding hydrogens is 356 g/mol. The number of benzene rings is 2. The highest BCUT2D eigenvalue weighted by Gasteiger charge is 2.16. The van der Waals surface area contributed by atoms with Gasteiger partial charge < -0.3 is 24.4 Å². The second-order valence-corrected chi connectivity index (χ2v) is 6.79. The summed E-state index contributed by atoms with van der Waals surface area (Å²) in [6, 6.07) is 13.5. The van der Waals surface area contributed by atoms with Gasteiger partial charge in [0.05, 0.1) is 26.9 Å². The van der Waals surface area contributed by atoms with E-state index in [2.05, 4.69) is 23.5 Å². The molecule has 0 spiro atoms. The molecule has 0 saturated carbocycles. The molecule has 150 valence electrons. The van der Waals surface area contributed by atoms with Crippen molar-refractivity contribution in [3.05, 3.63) is 59.2 Å². The van der Waals surface area contributed by atoms with Gasteiger partial charge in [-0.25, -0.2) is 0 Å². The van der Waals surface area contributed by atoms with Gasteiger partial charge in [0, 0.05) is 17.7 Å². The third-order valence-corrected chi connectivity index (χ3v) is 4.92. The smallest absolute Gasteiger partial charge is 0.251 e. The molecule has 1 heterocycles. The minimum absolute atomic E-state index is 0.130. The first-order chi connectivity index (χ1) is 13.7. The molecule has 2 aromatic rings. The van der Waals surface area contributed by atoms with Gasteiger partial charge in [0.15, 0.2) is 11.5 Å². The summed E-state index contributed by atoms with van der Waals surface area (Å²) >= 11 is 0. The minimum atomic E-state index is -0.130. The molecule has 1 fully saturated rings. The zero-order chi connectivity index (χ0) is 19.8. The van der Waals surface area contributed by atoms with Crippen LogP contribution in [-0.2, 0) is 17.8 Å². The quantitative estimate of drug-likeness (QED) is 0.722. The van der Waals surface area contributed by atoms with Gasteiger partial charge in [0.2, 0.25) is 0 Å². The summed E-state index contributed by atoms with van der Waals surface area (Å²) in [5.74, 6) is 1.07. The highest BCUT2D eigenvalue weighted by atomic mass is 16.5. The largest absolute Gasteiger partial charge is 0.493 e. The molecule has 1 aliphatic rings. The molecule has 28 heavy (non-hydrogen) atoms. The number of morpholine rings is 1. The zero-order valence-electron chi connectivity index (χ0n) is 16.6. The number of amides is 1. The van der Waals surface area contributed by atoms with E-state index in [9.17, 15) is 4.79 Å². The van der Waals surface area contributed by atoms with Crippen molar-refractivity contribution in [3.8, 4) is 11.5 Å². The fourth-order valence-electron chi connectivity index (χ4n) is 3.37. The van der Waals surface area contributed by atoms with Crippen molar-refractivity contribution in [1.29, 1.82) is 0 Å². The number of carbonyl (C=O) groups is 1. The molecule has 1 saturated heterocycles. The Labute approximate surface area is 166 Å². The van der Waals surface area contributed by atoms with Crippen LogP contribution in [0.15, 0.2) is 42.5 Å². The SMILES string of the molecule is CCOc1ccc(C(=O)NCc2ccccc2C[NH+]2CCOCC2)cc1OC. The van der Waals surface area contributed by atoms with E-state index in [1.807, 2.05) is 13.0 Å². The first-order valence-electron chi connectivity index (χ1n) is 9.78. The molecule has 2 N–H and O–H groups in total. The van der Waals surface area contributed by atoms with Crippen LogP contribution in [0.2, 0.25) is 0 Å². The molecule has 0 aliphatic carbocycles. The summed E-state index contributed by atoms with van der Waals surface area (Å²) in [7, 11) is 1.57. The number of nitrogens with one attached hydrogen (secondary N) is 2. The van der Waals surface area contributed by atoms with Crippen LogP contribution in [0.4, 0.5) is 0 Å². The summed E-state index contributed by atoms with van der Waals surface area (Å²) < 4.78 is 16.3. The topological polar surface area (TPSA) is 61.2 Å². The van der Waals surface area contributed by atoms with Crippen LogP contribution in [0.25, 0.3) is 0 Å². The van der Waals surface area contributed by atoms with Crippen LogP contribution in [0.5, 0.6) is 11.5 Å². The average Bonchev–Trinajstić information content (AvgIpc) is 2.74. The molecule has 0 unspecified atom stereocenters. The number of methoxy groups -OCH3 is 1. The summed E-state index contributed by atoms with van der Waals surface area (Å²) in [5.41, 5.74) is 2.97. The van der Waals surface area contributed by atoms with Crippen molar-refractivity contribution in [2.75, 3.05) is 40.0 Å². The number of rotatable bonds is 8. The van der Waals surface area contributed by atoms with E-state index >= 15 is 0 Å². The molecular formula is C22H29N2O4+. The van der Waals surface area contributed by atoms with Crippen LogP contribution in [0.3, 0.4) is 0 Å².